The number of rotatable bonds is 5. The normalized spacial score (nSPS) is 12.8. The molecule has 4 heteroatoms. The first-order chi connectivity index (χ1) is 7.58. The van der Waals surface area contributed by atoms with E-state index in [1.807, 2.05) is 18.7 Å². The summed E-state index contributed by atoms with van der Waals surface area (Å²) in [6.07, 6.45) is 2.06. The highest BCUT2D eigenvalue weighted by Crippen LogP contribution is 2.21. The van der Waals surface area contributed by atoms with E-state index in [1.165, 1.54) is 6.42 Å². The molecular weight excluding hydrogens is 240 g/mol. The zero-order valence-electron chi connectivity index (χ0n) is 10.4. The van der Waals surface area contributed by atoms with Crippen molar-refractivity contribution < 1.29 is 0 Å². The number of hydrogen-bond acceptors (Lipinski definition) is 3. The minimum atomic E-state index is 0.620. The summed E-state index contributed by atoms with van der Waals surface area (Å²) < 4.78 is 0. The molecule has 90 valence electrons. The Morgan fingerprint density at radius 2 is 2.00 bits per heavy atom. The van der Waals surface area contributed by atoms with Crippen molar-refractivity contribution in [3.63, 3.8) is 0 Å². The van der Waals surface area contributed by atoms with Gasteiger partial charge in [0.05, 0.1) is 5.75 Å². The van der Waals surface area contributed by atoms with Crippen LogP contribution >= 0.6 is 23.4 Å². The Hall–Kier alpha value is -0.280. The molecule has 1 atom stereocenters. The number of aromatic nitrogens is 2. The van der Waals surface area contributed by atoms with Crippen LogP contribution in [0.2, 0.25) is 5.15 Å². The van der Waals surface area contributed by atoms with Crippen molar-refractivity contribution in [3.8, 4) is 0 Å². The van der Waals surface area contributed by atoms with Crippen molar-refractivity contribution in [1.29, 1.82) is 0 Å². The van der Waals surface area contributed by atoms with Crippen molar-refractivity contribution in [1.82, 2.24) is 9.97 Å². The Labute approximate surface area is 107 Å². The van der Waals surface area contributed by atoms with Gasteiger partial charge in [0, 0.05) is 16.5 Å². The standard InChI is InChI=1S/C12H19ClN2S/c1-5-8(3)16-7-11-14-9(4)10(6-2)12(13)15-11/h8H,5-7H2,1-4H3. The van der Waals surface area contributed by atoms with E-state index in [-0.39, 0.29) is 0 Å². The van der Waals surface area contributed by atoms with Gasteiger partial charge in [0.25, 0.3) is 0 Å². The highest BCUT2D eigenvalue weighted by molar-refractivity contribution is 7.99. The van der Waals surface area contributed by atoms with E-state index in [2.05, 4.69) is 30.7 Å². The topological polar surface area (TPSA) is 25.8 Å². The molecule has 0 bridgehead atoms. The fourth-order valence-electron chi connectivity index (χ4n) is 1.42. The third kappa shape index (κ3) is 3.63. The van der Waals surface area contributed by atoms with Crippen LogP contribution in [0.25, 0.3) is 0 Å². The maximum atomic E-state index is 6.12. The number of nitrogens with zero attached hydrogens (tertiary/aromatic N) is 2. The summed E-state index contributed by atoms with van der Waals surface area (Å²) in [6.45, 7) is 8.49. The number of halogens is 1. The van der Waals surface area contributed by atoms with Crippen molar-refractivity contribution in [2.75, 3.05) is 0 Å². The molecule has 0 N–H and O–H groups in total. The number of thioether (sulfide) groups is 1. The first kappa shape index (κ1) is 13.8. The Bertz CT molecular complexity index is 332. The molecule has 0 spiro atoms. The quantitative estimate of drug-likeness (QED) is 0.746. The van der Waals surface area contributed by atoms with Gasteiger partial charge in [-0.3, -0.25) is 0 Å². The van der Waals surface area contributed by atoms with E-state index in [0.29, 0.717) is 10.4 Å². The maximum Gasteiger partial charge on any atom is 0.140 e. The van der Waals surface area contributed by atoms with E-state index in [0.717, 1.165) is 29.3 Å². The summed E-state index contributed by atoms with van der Waals surface area (Å²) in [5.74, 6) is 1.70. The smallest absolute Gasteiger partial charge is 0.140 e. The van der Waals surface area contributed by atoms with Crippen LogP contribution in [0, 0.1) is 6.92 Å². The molecule has 1 unspecified atom stereocenters. The predicted octanol–water partition coefficient (Wildman–Crippen LogP) is 4.03. The van der Waals surface area contributed by atoms with E-state index >= 15 is 0 Å². The van der Waals surface area contributed by atoms with Gasteiger partial charge in [0.1, 0.15) is 11.0 Å². The largest absolute Gasteiger partial charge is 0.237 e. The molecule has 16 heavy (non-hydrogen) atoms. The zero-order valence-corrected chi connectivity index (χ0v) is 12.0. The average Bonchev–Trinajstić information content (AvgIpc) is 2.25. The van der Waals surface area contributed by atoms with Gasteiger partial charge in [0.2, 0.25) is 0 Å². The molecule has 0 fully saturated rings. The summed E-state index contributed by atoms with van der Waals surface area (Å²) in [5, 5.41) is 1.27. The van der Waals surface area contributed by atoms with Gasteiger partial charge in [0.15, 0.2) is 0 Å². The fourth-order valence-corrected chi connectivity index (χ4v) is 2.58. The number of aryl methyl sites for hydroxylation is 1. The van der Waals surface area contributed by atoms with Gasteiger partial charge in [-0.25, -0.2) is 9.97 Å². The lowest BCUT2D eigenvalue weighted by Gasteiger charge is -2.10. The van der Waals surface area contributed by atoms with Crippen LogP contribution in [0.15, 0.2) is 0 Å². The summed E-state index contributed by atoms with van der Waals surface area (Å²) in [5.41, 5.74) is 2.08. The van der Waals surface area contributed by atoms with Crippen molar-refractivity contribution in [3.05, 3.63) is 22.2 Å². The predicted molar refractivity (Wildman–Crippen MR) is 72.2 cm³/mol. The van der Waals surface area contributed by atoms with E-state index in [4.69, 9.17) is 11.6 Å². The molecule has 1 aromatic rings. The van der Waals surface area contributed by atoms with E-state index in [9.17, 15) is 0 Å². The van der Waals surface area contributed by atoms with Gasteiger partial charge >= 0.3 is 0 Å². The second kappa shape index (κ2) is 6.45. The molecule has 0 saturated carbocycles. The van der Waals surface area contributed by atoms with Crippen LogP contribution in [-0.2, 0) is 12.2 Å². The molecule has 0 saturated heterocycles. The summed E-state index contributed by atoms with van der Waals surface area (Å²) in [7, 11) is 0. The maximum absolute atomic E-state index is 6.12. The van der Waals surface area contributed by atoms with Crippen molar-refractivity contribution >= 4 is 23.4 Å². The molecule has 1 heterocycles. The summed E-state index contributed by atoms with van der Waals surface area (Å²) in [6, 6.07) is 0. The lowest BCUT2D eigenvalue weighted by Crippen LogP contribution is -2.03. The van der Waals surface area contributed by atoms with Crippen LogP contribution in [0.4, 0.5) is 0 Å². The first-order valence-electron chi connectivity index (χ1n) is 5.71. The highest BCUT2D eigenvalue weighted by Gasteiger charge is 2.09. The van der Waals surface area contributed by atoms with Crippen LogP contribution in [-0.4, -0.2) is 15.2 Å². The van der Waals surface area contributed by atoms with Gasteiger partial charge < -0.3 is 0 Å². The van der Waals surface area contributed by atoms with Crippen LogP contribution in [0.3, 0.4) is 0 Å². The van der Waals surface area contributed by atoms with Crippen molar-refractivity contribution in [2.24, 2.45) is 0 Å². The third-order valence-corrected chi connectivity index (χ3v) is 4.28. The molecule has 2 nitrogen and oxygen atoms in total. The van der Waals surface area contributed by atoms with E-state index in [1.54, 1.807) is 0 Å². The third-order valence-electron chi connectivity index (χ3n) is 2.64. The molecule has 0 aromatic carbocycles. The first-order valence-corrected chi connectivity index (χ1v) is 7.14. The minimum absolute atomic E-state index is 0.620. The second-order valence-electron chi connectivity index (χ2n) is 3.88. The minimum Gasteiger partial charge on any atom is -0.237 e. The Morgan fingerprint density at radius 3 is 2.50 bits per heavy atom. The Morgan fingerprint density at radius 1 is 1.31 bits per heavy atom. The Kier molecular flexibility index (Phi) is 5.56. The van der Waals surface area contributed by atoms with Gasteiger partial charge in [-0.15, -0.1) is 0 Å². The van der Waals surface area contributed by atoms with Crippen LogP contribution in [0.1, 0.15) is 44.3 Å². The molecule has 0 aliphatic carbocycles. The Balaban J connectivity index is 2.76. The molecule has 1 rings (SSSR count). The molecule has 0 amide bonds. The van der Waals surface area contributed by atoms with Gasteiger partial charge in [-0.05, 0) is 19.8 Å². The van der Waals surface area contributed by atoms with E-state index < -0.39 is 0 Å². The molecule has 0 aliphatic heterocycles. The monoisotopic (exact) mass is 258 g/mol. The summed E-state index contributed by atoms with van der Waals surface area (Å²) in [4.78, 5) is 8.84. The van der Waals surface area contributed by atoms with Crippen molar-refractivity contribution in [2.45, 2.75) is 51.5 Å². The molecule has 0 radical (unpaired) electrons. The van der Waals surface area contributed by atoms with Gasteiger partial charge in [-0.2, -0.15) is 11.8 Å². The fraction of sp³-hybridized carbons (Fsp3) is 0.667. The molecule has 0 aliphatic rings. The lowest BCUT2D eigenvalue weighted by molar-refractivity contribution is 0.895. The lowest BCUT2D eigenvalue weighted by atomic mass is 10.2. The van der Waals surface area contributed by atoms with Gasteiger partial charge in [-0.1, -0.05) is 32.4 Å². The zero-order chi connectivity index (χ0) is 12.1. The molecular formula is C12H19ClN2S. The van der Waals surface area contributed by atoms with Crippen LogP contribution in [0.5, 0.6) is 0 Å². The highest BCUT2D eigenvalue weighted by atomic mass is 35.5. The van der Waals surface area contributed by atoms with Crippen LogP contribution < -0.4 is 0 Å². The molecule has 1 aromatic heterocycles. The average molecular weight is 259 g/mol. The SMILES string of the molecule is CCc1c(C)nc(CSC(C)CC)nc1Cl. The summed E-state index contributed by atoms with van der Waals surface area (Å²) >= 11 is 8.00. The number of hydrogen-bond donors (Lipinski definition) is 0. The second-order valence-corrected chi connectivity index (χ2v) is 5.66.